The van der Waals surface area contributed by atoms with Crippen LogP contribution in [-0.2, 0) is 17.9 Å². The van der Waals surface area contributed by atoms with E-state index in [1.54, 1.807) is 7.11 Å². The van der Waals surface area contributed by atoms with Gasteiger partial charge in [-0.05, 0) is 37.4 Å². The van der Waals surface area contributed by atoms with Crippen molar-refractivity contribution < 1.29 is 9.15 Å². The van der Waals surface area contributed by atoms with Gasteiger partial charge in [-0.25, -0.2) is 0 Å². The number of furan rings is 1. The first-order valence-electron chi connectivity index (χ1n) is 5.15. The van der Waals surface area contributed by atoms with Gasteiger partial charge in [0.15, 0.2) is 0 Å². The van der Waals surface area contributed by atoms with Gasteiger partial charge in [-0.2, -0.15) is 0 Å². The first-order valence-corrected chi connectivity index (χ1v) is 5.15. The molecule has 0 atom stereocenters. The van der Waals surface area contributed by atoms with Gasteiger partial charge in [-0.3, -0.25) is 0 Å². The van der Waals surface area contributed by atoms with Crippen LogP contribution in [0.1, 0.15) is 24.4 Å². The Morgan fingerprint density at radius 3 is 2.93 bits per heavy atom. The molecular weight excluding hydrogens is 178 g/mol. The number of nitrogens with one attached hydrogen (secondary N) is 1. The Balaban J connectivity index is 1.71. The van der Waals surface area contributed by atoms with Crippen LogP contribution in [0.4, 0.5) is 0 Å². The predicted octanol–water partition coefficient (Wildman–Crippen LogP) is 1.93. The van der Waals surface area contributed by atoms with Crippen LogP contribution in [0.25, 0.3) is 0 Å². The maximum atomic E-state index is 5.54. The van der Waals surface area contributed by atoms with E-state index in [0.29, 0.717) is 6.61 Å². The molecule has 1 fully saturated rings. The van der Waals surface area contributed by atoms with Crippen molar-refractivity contribution in [1.82, 2.24) is 5.32 Å². The Morgan fingerprint density at radius 1 is 1.43 bits per heavy atom. The predicted molar refractivity (Wildman–Crippen MR) is 53.9 cm³/mol. The number of ether oxygens (including phenoxy) is 1. The topological polar surface area (TPSA) is 34.4 Å². The van der Waals surface area contributed by atoms with E-state index in [4.69, 9.17) is 9.15 Å². The molecule has 3 heteroatoms. The zero-order valence-corrected chi connectivity index (χ0v) is 8.58. The Hall–Kier alpha value is -0.800. The minimum Gasteiger partial charge on any atom is -0.462 e. The summed E-state index contributed by atoms with van der Waals surface area (Å²) in [5.74, 6) is 2.82. The number of hydrogen-bond donors (Lipinski definition) is 1. The van der Waals surface area contributed by atoms with Crippen molar-refractivity contribution in [2.24, 2.45) is 5.92 Å². The van der Waals surface area contributed by atoms with E-state index in [-0.39, 0.29) is 0 Å². The highest BCUT2D eigenvalue weighted by Crippen LogP contribution is 2.27. The highest BCUT2D eigenvalue weighted by molar-refractivity contribution is 5.06. The van der Waals surface area contributed by atoms with E-state index in [9.17, 15) is 0 Å². The van der Waals surface area contributed by atoms with Gasteiger partial charge in [0.05, 0.1) is 6.54 Å². The summed E-state index contributed by atoms with van der Waals surface area (Å²) < 4.78 is 10.5. The Bertz CT molecular complexity index is 279. The van der Waals surface area contributed by atoms with E-state index >= 15 is 0 Å². The van der Waals surface area contributed by atoms with Gasteiger partial charge in [-0.15, -0.1) is 0 Å². The van der Waals surface area contributed by atoms with Crippen molar-refractivity contribution in [3.8, 4) is 0 Å². The fraction of sp³-hybridized carbons (Fsp3) is 0.636. The van der Waals surface area contributed by atoms with Gasteiger partial charge in [0.25, 0.3) is 0 Å². The van der Waals surface area contributed by atoms with Gasteiger partial charge < -0.3 is 14.5 Å². The maximum Gasteiger partial charge on any atom is 0.129 e. The van der Waals surface area contributed by atoms with Crippen molar-refractivity contribution >= 4 is 0 Å². The van der Waals surface area contributed by atoms with Gasteiger partial charge in [0.2, 0.25) is 0 Å². The Kier molecular flexibility index (Phi) is 3.22. The van der Waals surface area contributed by atoms with Crippen molar-refractivity contribution in [3.05, 3.63) is 23.7 Å². The minimum atomic E-state index is 0.558. The first kappa shape index (κ1) is 9.74. The molecule has 0 bridgehead atoms. The molecule has 3 nitrogen and oxygen atoms in total. The third-order valence-corrected chi connectivity index (χ3v) is 2.43. The molecule has 1 aromatic heterocycles. The second-order valence-electron chi connectivity index (χ2n) is 3.88. The summed E-state index contributed by atoms with van der Waals surface area (Å²) in [6.45, 7) is 2.52. The highest BCUT2D eigenvalue weighted by Gasteiger charge is 2.20. The molecule has 0 spiro atoms. The average Bonchev–Trinajstić information content (AvgIpc) is 2.88. The van der Waals surface area contributed by atoms with E-state index in [0.717, 1.165) is 30.5 Å². The zero-order chi connectivity index (χ0) is 9.80. The van der Waals surface area contributed by atoms with Gasteiger partial charge in [-0.1, -0.05) is 0 Å². The fourth-order valence-electron chi connectivity index (χ4n) is 1.46. The Labute approximate surface area is 84.4 Å². The van der Waals surface area contributed by atoms with Crippen molar-refractivity contribution in [3.63, 3.8) is 0 Å². The molecule has 1 aliphatic carbocycles. The molecule has 1 N–H and O–H groups in total. The lowest BCUT2D eigenvalue weighted by atomic mass is 10.4. The molecule has 1 saturated carbocycles. The summed E-state index contributed by atoms with van der Waals surface area (Å²) in [4.78, 5) is 0. The summed E-state index contributed by atoms with van der Waals surface area (Å²) in [7, 11) is 1.67. The number of methoxy groups -OCH3 is 1. The van der Waals surface area contributed by atoms with Crippen LogP contribution < -0.4 is 5.32 Å². The van der Waals surface area contributed by atoms with Crippen molar-refractivity contribution in [2.45, 2.75) is 26.0 Å². The second-order valence-corrected chi connectivity index (χ2v) is 3.88. The molecule has 0 radical (unpaired) electrons. The molecular formula is C11H17NO2. The molecule has 78 valence electrons. The van der Waals surface area contributed by atoms with Crippen LogP contribution in [0.5, 0.6) is 0 Å². The monoisotopic (exact) mass is 195 g/mol. The summed E-state index contributed by atoms with van der Waals surface area (Å²) in [6.07, 6.45) is 2.78. The van der Waals surface area contributed by atoms with E-state index in [2.05, 4.69) is 5.32 Å². The van der Waals surface area contributed by atoms with Crippen molar-refractivity contribution in [2.75, 3.05) is 13.7 Å². The standard InChI is InChI=1S/C11H17NO2/c1-13-8-11-5-4-10(14-11)7-12-6-9-2-3-9/h4-5,9,12H,2-3,6-8H2,1H3. The lowest BCUT2D eigenvalue weighted by Crippen LogP contribution is -2.15. The normalized spacial score (nSPS) is 16.1. The van der Waals surface area contributed by atoms with Gasteiger partial charge in [0.1, 0.15) is 18.1 Å². The van der Waals surface area contributed by atoms with Crippen LogP contribution in [0, 0.1) is 5.92 Å². The quantitative estimate of drug-likeness (QED) is 0.753. The lowest BCUT2D eigenvalue weighted by molar-refractivity contribution is 0.162. The SMILES string of the molecule is COCc1ccc(CNCC2CC2)o1. The smallest absolute Gasteiger partial charge is 0.129 e. The third kappa shape index (κ3) is 2.86. The van der Waals surface area contributed by atoms with E-state index in [1.807, 2.05) is 12.1 Å². The summed E-state index contributed by atoms with van der Waals surface area (Å²) >= 11 is 0. The fourth-order valence-corrected chi connectivity index (χ4v) is 1.46. The minimum absolute atomic E-state index is 0.558. The molecule has 14 heavy (non-hydrogen) atoms. The summed E-state index contributed by atoms with van der Waals surface area (Å²) in [5.41, 5.74) is 0. The van der Waals surface area contributed by atoms with Crippen LogP contribution in [0.15, 0.2) is 16.5 Å². The molecule has 0 aliphatic heterocycles. The molecule has 1 heterocycles. The Morgan fingerprint density at radius 2 is 2.21 bits per heavy atom. The number of rotatable bonds is 6. The number of hydrogen-bond acceptors (Lipinski definition) is 3. The summed E-state index contributed by atoms with van der Waals surface area (Å²) in [6, 6.07) is 3.98. The van der Waals surface area contributed by atoms with Crippen molar-refractivity contribution in [1.29, 1.82) is 0 Å². The first-order chi connectivity index (χ1) is 6.88. The summed E-state index contributed by atoms with van der Waals surface area (Å²) in [5, 5.41) is 3.38. The molecule has 0 unspecified atom stereocenters. The largest absolute Gasteiger partial charge is 0.462 e. The maximum absolute atomic E-state index is 5.54. The van der Waals surface area contributed by atoms with Crippen LogP contribution in [0.3, 0.4) is 0 Å². The lowest BCUT2D eigenvalue weighted by Gasteiger charge is -1.99. The van der Waals surface area contributed by atoms with Gasteiger partial charge >= 0.3 is 0 Å². The zero-order valence-electron chi connectivity index (χ0n) is 8.58. The average molecular weight is 195 g/mol. The molecule has 1 aliphatic rings. The van der Waals surface area contributed by atoms with Crippen LogP contribution in [-0.4, -0.2) is 13.7 Å². The third-order valence-electron chi connectivity index (χ3n) is 2.43. The van der Waals surface area contributed by atoms with Crippen LogP contribution >= 0.6 is 0 Å². The second kappa shape index (κ2) is 4.62. The molecule has 1 aromatic rings. The van der Waals surface area contributed by atoms with Gasteiger partial charge in [0, 0.05) is 7.11 Å². The molecule has 2 rings (SSSR count). The molecule has 0 amide bonds. The highest BCUT2D eigenvalue weighted by atomic mass is 16.5. The van der Waals surface area contributed by atoms with E-state index in [1.165, 1.54) is 12.8 Å². The van der Waals surface area contributed by atoms with Crippen LogP contribution in [0.2, 0.25) is 0 Å². The molecule has 0 saturated heterocycles. The molecule has 0 aromatic carbocycles. The van der Waals surface area contributed by atoms with E-state index < -0.39 is 0 Å².